The number of rotatable bonds is 6. The van der Waals surface area contributed by atoms with Crippen molar-refractivity contribution in [1.82, 2.24) is 10.3 Å². The number of nitrogens with zero attached hydrogens (tertiary/aromatic N) is 2. The van der Waals surface area contributed by atoms with E-state index in [4.69, 9.17) is 4.74 Å². The van der Waals surface area contributed by atoms with Crippen LogP contribution < -0.4 is 10.2 Å². The molecule has 0 radical (unpaired) electrons. The normalized spacial score (nSPS) is 16.7. The zero-order valence-electron chi connectivity index (χ0n) is 14.0. The van der Waals surface area contributed by atoms with Crippen LogP contribution in [0.5, 0.6) is 5.75 Å². The molecule has 0 atom stereocenters. The second-order valence-corrected chi connectivity index (χ2v) is 5.84. The van der Waals surface area contributed by atoms with Crippen LogP contribution >= 0.6 is 0 Å². The summed E-state index contributed by atoms with van der Waals surface area (Å²) in [5.41, 5.74) is 3.54. The summed E-state index contributed by atoms with van der Waals surface area (Å²) in [5, 5.41) is 4.03. The number of hydrazone groups is 1. The van der Waals surface area contributed by atoms with E-state index >= 15 is 0 Å². The van der Waals surface area contributed by atoms with Gasteiger partial charge in [-0.15, -0.1) is 0 Å². The Morgan fingerprint density at radius 1 is 1.17 bits per heavy atom. The van der Waals surface area contributed by atoms with Gasteiger partial charge in [0.15, 0.2) is 0 Å². The number of carbonyl (C=O) groups excluding carboxylic acids is 1. The molecule has 5 heteroatoms. The first-order valence-corrected chi connectivity index (χ1v) is 8.55. The van der Waals surface area contributed by atoms with E-state index in [-0.39, 0.29) is 5.91 Å². The lowest BCUT2D eigenvalue weighted by molar-refractivity contribution is -0.122. The van der Waals surface area contributed by atoms with Gasteiger partial charge in [0.25, 0.3) is 5.91 Å². The molecular weight excluding hydrogens is 290 g/mol. The minimum atomic E-state index is -0.0484. The highest BCUT2D eigenvalue weighted by Crippen LogP contribution is 2.11. The molecule has 0 aromatic heterocycles. The van der Waals surface area contributed by atoms with Gasteiger partial charge in [0.1, 0.15) is 5.75 Å². The van der Waals surface area contributed by atoms with Gasteiger partial charge >= 0.3 is 0 Å². The number of amides is 1. The van der Waals surface area contributed by atoms with Crippen molar-refractivity contribution in [2.75, 3.05) is 26.2 Å². The summed E-state index contributed by atoms with van der Waals surface area (Å²) in [6.07, 6.45) is 7.89. The molecule has 1 aliphatic heterocycles. The van der Waals surface area contributed by atoms with Gasteiger partial charge in [-0.05, 0) is 62.7 Å². The molecule has 0 saturated carbocycles. The van der Waals surface area contributed by atoms with Crippen LogP contribution in [0.25, 0.3) is 0 Å². The quantitative estimate of drug-likeness (QED) is 0.648. The Labute approximate surface area is 138 Å². The fraction of sp³-hybridized carbons (Fsp3) is 0.556. The van der Waals surface area contributed by atoms with Crippen molar-refractivity contribution in [1.29, 1.82) is 0 Å². The lowest BCUT2D eigenvalue weighted by atomic mass is 10.1. The Morgan fingerprint density at radius 2 is 1.83 bits per heavy atom. The summed E-state index contributed by atoms with van der Waals surface area (Å²) in [7, 11) is 0. The SMILES string of the molecule is CCOc1ccc(C=NNC(=O)CN2CCCCCCC2)cc1. The van der Waals surface area contributed by atoms with Crippen molar-refractivity contribution >= 4 is 12.1 Å². The van der Waals surface area contributed by atoms with E-state index in [9.17, 15) is 4.79 Å². The molecule has 0 aliphatic carbocycles. The first-order chi connectivity index (χ1) is 11.3. The maximum Gasteiger partial charge on any atom is 0.254 e. The van der Waals surface area contributed by atoms with Crippen LogP contribution in [-0.2, 0) is 4.79 Å². The Morgan fingerprint density at radius 3 is 2.48 bits per heavy atom. The van der Waals surface area contributed by atoms with Crippen LogP contribution in [0.3, 0.4) is 0 Å². The second-order valence-electron chi connectivity index (χ2n) is 5.84. The number of ether oxygens (including phenoxy) is 1. The lowest BCUT2D eigenvalue weighted by Gasteiger charge is -2.23. The van der Waals surface area contributed by atoms with E-state index in [1.54, 1.807) is 6.21 Å². The van der Waals surface area contributed by atoms with Crippen LogP contribution in [0.4, 0.5) is 0 Å². The molecule has 0 unspecified atom stereocenters. The fourth-order valence-corrected chi connectivity index (χ4v) is 2.71. The van der Waals surface area contributed by atoms with Crippen molar-refractivity contribution in [3.05, 3.63) is 29.8 Å². The highest BCUT2D eigenvalue weighted by molar-refractivity contribution is 5.83. The minimum Gasteiger partial charge on any atom is -0.494 e. The first-order valence-electron chi connectivity index (χ1n) is 8.55. The number of benzene rings is 1. The van der Waals surface area contributed by atoms with Gasteiger partial charge < -0.3 is 4.74 Å². The summed E-state index contributed by atoms with van der Waals surface area (Å²) in [5.74, 6) is 0.790. The number of nitrogens with one attached hydrogen (secondary N) is 1. The topological polar surface area (TPSA) is 53.9 Å². The van der Waals surface area contributed by atoms with Gasteiger partial charge in [-0.1, -0.05) is 19.3 Å². The molecule has 0 spiro atoms. The molecule has 1 N–H and O–H groups in total. The Hall–Kier alpha value is -1.88. The van der Waals surface area contributed by atoms with Gasteiger partial charge in [-0.25, -0.2) is 5.43 Å². The van der Waals surface area contributed by atoms with Crippen molar-refractivity contribution in [3.8, 4) is 5.75 Å². The summed E-state index contributed by atoms with van der Waals surface area (Å²) in [6, 6.07) is 7.62. The van der Waals surface area contributed by atoms with Crippen molar-refractivity contribution in [2.45, 2.75) is 39.0 Å². The van der Waals surface area contributed by atoms with Gasteiger partial charge in [0.05, 0.1) is 19.4 Å². The average Bonchev–Trinajstić information content (AvgIpc) is 2.52. The van der Waals surface area contributed by atoms with Crippen LogP contribution in [0.15, 0.2) is 29.4 Å². The molecule has 126 valence electrons. The predicted octanol–water partition coefficient (Wildman–Crippen LogP) is 2.80. The van der Waals surface area contributed by atoms with Crippen molar-refractivity contribution in [2.24, 2.45) is 5.10 Å². The molecule has 0 bridgehead atoms. The molecule has 1 aromatic carbocycles. The molecule has 1 saturated heterocycles. The maximum absolute atomic E-state index is 12.0. The summed E-state index contributed by atoms with van der Waals surface area (Å²) in [6.45, 7) is 5.06. The molecule has 1 fully saturated rings. The molecular formula is C18H27N3O2. The molecule has 1 aromatic rings. The molecule has 1 amide bonds. The Balaban J connectivity index is 1.74. The third-order valence-corrected chi connectivity index (χ3v) is 3.91. The summed E-state index contributed by atoms with van der Waals surface area (Å²) >= 11 is 0. The number of hydrogen-bond donors (Lipinski definition) is 1. The summed E-state index contributed by atoms with van der Waals surface area (Å²) < 4.78 is 5.39. The smallest absolute Gasteiger partial charge is 0.254 e. The van der Waals surface area contributed by atoms with Gasteiger partial charge in [0, 0.05) is 0 Å². The molecule has 2 rings (SSSR count). The van der Waals surface area contributed by atoms with Gasteiger partial charge in [-0.3, -0.25) is 9.69 Å². The van der Waals surface area contributed by atoms with Gasteiger partial charge in [-0.2, -0.15) is 5.10 Å². The number of likely N-dealkylation sites (tertiary alicyclic amines) is 1. The Bertz CT molecular complexity index is 491. The standard InChI is InChI=1S/C18H27N3O2/c1-2-23-17-10-8-16(9-11-17)14-19-20-18(22)15-21-12-6-4-3-5-7-13-21/h8-11,14H,2-7,12-13,15H2,1H3,(H,20,22). The van der Waals surface area contributed by atoms with Gasteiger partial charge in [0.2, 0.25) is 0 Å². The monoisotopic (exact) mass is 317 g/mol. The lowest BCUT2D eigenvalue weighted by Crippen LogP contribution is -2.37. The van der Waals surface area contributed by atoms with Crippen LogP contribution in [0.1, 0.15) is 44.6 Å². The fourth-order valence-electron chi connectivity index (χ4n) is 2.71. The number of hydrogen-bond acceptors (Lipinski definition) is 4. The van der Waals surface area contributed by atoms with Crippen molar-refractivity contribution in [3.63, 3.8) is 0 Å². The maximum atomic E-state index is 12.0. The second kappa shape index (κ2) is 10.0. The molecule has 23 heavy (non-hydrogen) atoms. The van der Waals surface area contributed by atoms with Crippen LogP contribution in [0.2, 0.25) is 0 Å². The van der Waals surface area contributed by atoms with Crippen LogP contribution in [0, 0.1) is 0 Å². The minimum absolute atomic E-state index is 0.0484. The molecule has 1 aliphatic rings. The van der Waals surface area contributed by atoms with E-state index in [0.717, 1.165) is 24.4 Å². The first kappa shape index (κ1) is 17.5. The average molecular weight is 317 g/mol. The van der Waals surface area contributed by atoms with E-state index in [1.165, 1.54) is 32.1 Å². The third-order valence-electron chi connectivity index (χ3n) is 3.91. The summed E-state index contributed by atoms with van der Waals surface area (Å²) in [4.78, 5) is 14.2. The van der Waals surface area contributed by atoms with Crippen molar-refractivity contribution < 1.29 is 9.53 Å². The van der Waals surface area contributed by atoms with E-state index < -0.39 is 0 Å². The zero-order valence-corrected chi connectivity index (χ0v) is 14.0. The molecule has 1 heterocycles. The highest BCUT2D eigenvalue weighted by atomic mass is 16.5. The Kier molecular flexibility index (Phi) is 7.60. The van der Waals surface area contributed by atoms with Crippen LogP contribution in [-0.4, -0.2) is 43.3 Å². The van der Waals surface area contributed by atoms with E-state index in [2.05, 4.69) is 15.4 Å². The zero-order chi connectivity index (χ0) is 16.3. The highest BCUT2D eigenvalue weighted by Gasteiger charge is 2.11. The largest absolute Gasteiger partial charge is 0.494 e. The third kappa shape index (κ3) is 6.82. The van der Waals surface area contributed by atoms with E-state index in [0.29, 0.717) is 13.2 Å². The predicted molar refractivity (Wildman–Crippen MR) is 92.9 cm³/mol. The molecule has 5 nitrogen and oxygen atoms in total. The van der Waals surface area contributed by atoms with E-state index in [1.807, 2.05) is 31.2 Å². The number of carbonyl (C=O) groups is 1.